The Kier molecular flexibility index (Phi) is 10.8. The summed E-state index contributed by atoms with van der Waals surface area (Å²) in [5.74, 6) is 0. The maximum atomic E-state index is 5.82. The van der Waals surface area contributed by atoms with E-state index in [1.54, 1.807) is 0 Å². The van der Waals surface area contributed by atoms with Crippen molar-refractivity contribution in [2.45, 2.75) is 25.7 Å². The normalized spacial score (nSPS) is 17.5. The van der Waals surface area contributed by atoms with Gasteiger partial charge in [0.1, 0.15) is 0 Å². The van der Waals surface area contributed by atoms with Crippen molar-refractivity contribution in [1.29, 1.82) is 0 Å². The molecule has 0 saturated carbocycles. The van der Waals surface area contributed by atoms with Gasteiger partial charge in [-0.25, -0.2) is 0 Å². The van der Waals surface area contributed by atoms with E-state index in [2.05, 4.69) is 18.2 Å². The molecule has 0 amide bonds. The molecule has 0 aliphatic heterocycles. The van der Waals surface area contributed by atoms with Crippen LogP contribution in [0.3, 0.4) is 0 Å². The van der Waals surface area contributed by atoms with E-state index in [9.17, 15) is 0 Å². The molecule has 0 heterocycles. The van der Waals surface area contributed by atoms with E-state index < -0.39 is 13.5 Å². The van der Waals surface area contributed by atoms with Crippen LogP contribution in [0.15, 0.2) is 23.3 Å². The molecule has 1 aliphatic carbocycles. The topological polar surface area (TPSA) is 0 Å². The number of hydrogen-bond acceptors (Lipinski definition) is 0. The monoisotopic (exact) mass is 440 g/mol. The van der Waals surface area contributed by atoms with Crippen molar-refractivity contribution in [1.82, 2.24) is 0 Å². The molecule has 5 heteroatoms. The van der Waals surface area contributed by atoms with E-state index in [-0.39, 0.29) is 0 Å². The van der Waals surface area contributed by atoms with E-state index in [4.69, 9.17) is 40.4 Å². The van der Waals surface area contributed by atoms with Crippen LogP contribution in [0.2, 0.25) is 0 Å². The first-order chi connectivity index (χ1) is 6.13. The van der Waals surface area contributed by atoms with Crippen LogP contribution in [0.25, 0.3) is 0 Å². The summed E-state index contributed by atoms with van der Waals surface area (Å²) in [4.78, 5) is 0. The fraction of sp³-hybridized carbons (Fsp3) is 0.500. The van der Waals surface area contributed by atoms with Crippen LogP contribution in [0.4, 0.5) is 0 Å². The van der Waals surface area contributed by atoms with E-state index >= 15 is 0 Å². The molecule has 0 fully saturated rings. The number of rotatable bonds is 0. The molecule has 0 saturated heterocycles. The fourth-order valence-electron chi connectivity index (χ4n) is 0.895. The molecule has 0 radical (unpaired) electrons. The molecule has 80 valence electrons. The van der Waals surface area contributed by atoms with Gasteiger partial charge in [0.25, 0.3) is 0 Å². The molecule has 0 N–H and O–H groups in total. The van der Waals surface area contributed by atoms with Crippen molar-refractivity contribution >= 4 is 40.4 Å². The predicted molar refractivity (Wildman–Crippen MR) is 59.1 cm³/mol. The van der Waals surface area contributed by atoms with Crippen LogP contribution >= 0.6 is 40.4 Å². The van der Waals surface area contributed by atoms with Crippen molar-refractivity contribution in [2.75, 3.05) is 0 Å². The van der Waals surface area contributed by atoms with Crippen molar-refractivity contribution in [3.8, 4) is 0 Å². The molecule has 1 aliphatic rings. The molecule has 13 heavy (non-hydrogen) atoms. The Hall–Kier alpha value is 1.29. The molecule has 0 aromatic rings. The molecule has 0 bridgehead atoms. The van der Waals surface area contributed by atoms with Crippen LogP contribution in [0.1, 0.15) is 25.7 Å². The first-order valence-electron chi connectivity index (χ1n) is 3.77. The van der Waals surface area contributed by atoms with Crippen LogP contribution in [0.5, 0.6) is 0 Å². The second kappa shape index (κ2) is 9.83. The van der Waals surface area contributed by atoms with Crippen molar-refractivity contribution in [2.24, 2.45) is 0 Å². The Morgan fingerprint density at radius 3 is 2.15 bits per heavy atom. The van der Waals surface area contributed by atoms with Gasteiger partial charge in [-0.2, -0.15) is 0 Å². The second-order valence-corrected chi connectivity index (χ2v) is 13.2. The molecular formula is C8H11Cl4Ir. The molecule has 0 aromatic carbocycles. The van der Waals surface area contributed by atoms with Gasteiger partial charge in [-0.1, -0.05) is 29.8 Å². The molecule has 1 rings (SSSR count). The quantitative estimate of drug-likeness (QED) is 0.448. The standard InChI is InChI=1S/C8H11Cl.3ClH.Ir/c9-8-6-4-2-1-3-5-7-8;;;;/h1-2,7H,3-6H2;3*1H;/q;;;;+3/p-3. The van der Waals surface area contributed by atoms with E-state index in [1.165, 1.54) is 0 Å². The Morgan fingerprint density at radius 1 is 1.00 bits per heavy atom. The minimum atomic E-state index is -1.92. The van der Waals surface area contributed by atoms with Crippen molar-refractivity contribution in [3.05, 3.63) is 23.3 Å². The summed E-state index contributed by atoms with van der Waals surface area (Å²) >= 11 is 3.90. The minimum absolute atomic E-state index is 1.03. The summed E-state index contributed by atoms with van der Waals surface area (Å²) in [6.45, 7) is 0. The van der Waals surface area contributed by atoms with E-state index in [1.807, 2.05) is 0 Å². The summed E-state index contributed by atoms with van der Waals surface area (Å²) in [5.41, 5.74) is 0. The Morgan fingerprint density at radius 2 is 1.54 bits per heavy atom. The molecule has 0 spiro atoms. The van der Waals surface area contributed by atoms with Crippen LogP contribution < -0.4 is 0 Å². The zero-order valence-corrected chi connectivity index (χ0v) is 12.3. The van der Waals surface area contributed by atoms with Gasteiger partial charge in [0.15, 0.2) is 0 Å². The van der Waals surface area contributed by atoms with Gasteiger partial charge in [0.05, 0.1) is 0 Å². The Labute approximate surface area is 102 Å². The van der Waals surface area contributed by atoms with Gasteiger partial charge in [0.2, 0.25) is 0 Å². The third kappa shape index (κ3) is 13.3. The fourth-order valence-corrected chi connectivity index (χ4v) is 1.11. The number of halogens is 4. The molecule has 0 atom stereocenters. The molecule has 0 unspecified atom stereocenters. The summed E-state index contributed by atoms with van der Waals surface area (Å²) in [6, 6.07) is 0. The number of allylic oxidation sites excluding steroid dienone is 4. The van der Waals surface area contributed by atoms with Gasteiger partial charge in [-0.05, 0) is 25.7 Å². The SMILES string of the molecule is ClC1=CCCC=CCC1.[Cl][Ir]([Cl])[Cl]. The van der Waals surface area contributed by atoms with Gasteiger partial charge in [0, 0.05) is 5.03 Å². The summed E-state index contributed by atoms with van der Waals surface area (Å²) in [7, 11) is 14.9. The van der Waals surface area contributed by atoms with Crippen molar-refractivity contribution in [3.63, 3.8) is 0 Å². The van der Waals surface area contributed by atoms with Gasteiger partial charge >= 0.3 is 42.2 Å². The Balaban J connectivity index is 0.000000310. The van der Waals surface area contributed by atoms with E-state index in [0.717, 1.165) is 30.7 Å². The summed E-state index contributed by atoms with van der Waals surface area (Å²) in [6.07, 6.45) is 10.9. The molecule has 0 nitrogen and oxygen atoms in total. The maximum absolute atomic E-state index is 5.82. The zero-order chi connectivity index (χ0) is 10.1. The third-order valence-corrected chi connectivity index (χ3v) is 1.76. The second-order valence-electron chi connectivity index (χ2n) is 2.38. The van der Waals surface area contributed by atoms with Gasteiger partial charge in [-0.15, -0.1) is 0 Å². The van der Waals surface area contributed by atoms with Crippen LogP contribution in [-0.4, -0.2) is 0 Å². The third-order valence-electron chi connectivity index (χ3n) is 1.42. The van der Waals surface area contributed by atoms with Crippen molar-refractivity contribution < 1.29 is 13.5 Å². The number of hydrogen-bond donors (Lipinski definition) is 0. The molecule has 0 aromatic heterocycles. The van der Waals surface area contributed by atoms with Gasteiger partial charge < -0.3 is 0 Å². The first-order valence-corrected chi connectivity index (χ1v) is 13.0. The van der Waals surface area contributed by atoms with Gasteiger partial charge in [-0.3, -0.25) is 0 Å². The predicted octanol–water partition coefficient (Wildman–Crippen LogP) is 5.31. The van der Waals surface area contributed by atoms with Crippen LogP contribution in [0, 0.1) is 0 Å². The zero-order valence-electron chi connectivity index (χ0n) is 6.91. The first kappa shape index (κ1) is 14.3. The summed E-state index contributed by atoms with van der Waals surface area (Å²) in [5, 5.41) is 1.03. The Bertz CT molecular complexity index is 174. The average molecular weight is 441 g/mol. The average Bonchev–Trinajstić information content (AvgIpc) is 1.95. The van der Waals surface area contributed by atoms with E-state index in [0.29, 0.717) is 0 Å². The molecular weight excluding hydrogens is 430 g/mol. The van der Waals surface area contributed by atoms with Crippen LogP contribution in [-0.2, 0) is 13.5 Å². The summed E-state index contributed by atoms with van der Waals surface area (Å²) < 4.78 is 0.